The van der Waals surface area contributed by atoms with Crippen LogP contribution in [0.2, 0.25) is 0 Å². The zero-order chi connectivity index (χ0) is 21.5. The first kappa shape index (κ1) is 23.1. The maximum Gasteiger partial charge on any atom is 2.00 e. The van der Waals surface area contributed by atoms with Gasteiger partial charge in [0.05, 0.1) is 11.6 Å². The van der Waals surface area contributed by atoms with Crippen LogP contribution in [-0.4, -0.2) is 29.5 Å². The minimum Gasteiger partial charge on any atom is -0.343 e. The predicted molar refractivity (Wildman–Crippen MR) is 116 cm³/mol. The number of hydrogen-bond donors (Lipinski definition) is 0. The average molecular weight is 594 g/mol. The summed E-state index contributed by atoms with van der Waals surface area (Å²) in [6.07, 6.45) is 6.29. The first-order chi connectivity index (χ1) is 14.1. The Morgan fingerprint density at radius 1 is 0.710 bits per heavy atom. The van der Waals surface area contributed by atoms with Crippen LogP contribution < -0.4 is 0 Å². The standard InChI is InChI=1S/C24H26N6.Pt/c1-17-13-15-29(27-17)21-11-7-9-19(25-21)24(5,6)20-10-8-12-22(26-20)30-16-14-18(28-30)23(2,3)4;/h7-14H,1-6H3;/q-2;+2. The molecule has 162 valence electrons. The molecule has 4 aromatic rings. The maximum atomic E-state index is 4.89. The summed E-state index contributed by atoms with van der Waals surface area (Å²) >= 11 is 0. The molecule has 4 heterocycles. The molecular formula is C24H26N6Pt. The van der Waals surface area contributed by atoms with Crippen LogP contribution in [0.5, 0.6) is 0 Å². The van der Waals surface area contributed by atoms with Crippen LogP contribution in [0.1, 0.15) is 57.4 Å². The number of nitrogens with zero attached hydrogens (tertiary/aromatic N) is 6. The second-order valence-electron chi connectivity index (χ2n) is 9.03. The summed E-state index contributed by atoms with van der Waals surface area (Å²) in [4.78, 5) is 9.73. The van der Waals surface area contributed by atoms with Crippen LogP contribution in [0.3, 0.4) is 0 Å². The molecule has 0 bridgehead atoms. The molecule has 0 radical (unpaired) electrons. The van der Waals surface area contributed by atoms with E-state index in [1.807, 2.05) is 55.5 Å². The topological polar surface area (TPSA) is 61.4 Å². The largest absolute Gasteiger partial charge is 2.00 e. The van der Waals surface area contributed by atoms with Crippen molar-refractivity contribution in [3.63, 3.8) is 0 Å². The van der Waals surface area contributed by atoms with Crippen LogP contribution in [0, 0.1) is 19.3 Å². The predicted octanol–water partition coefficient (Wildman–Crippen LogP) is 4.38. The number of hydrogen-bond acceptors (Lipinski definition) is 4. The van der Waals surface area contributed by atoms with E-state index in [0.29, 0.717) is 0 Å². The van der Waals surface area contributed by atoms with E-state index in [1.54, 1.807) is 9.36 Å². The van der Waals surface area contributed by atoms with Crippen molar-refractivity contribution in [3.05, 3.63) is 83.7 Å². The van der Waals surface area contributed by atoms with Gasteiger partial charge in [0, 0.05) is 16.8 Å². The third kappa shape index (κ3) is 4.69. The molecule has 4 aromatic heterocycles. The van der Waals surface area contributed by atoms with E-state index >= 15 is 0 Å². The summed E-state index contributed by atoms with van der Waals surface area (Å²) < 4.78 is 3.39. The molecule has 0 spiro atoms. The van der Waals surface area contributed by atoms with Gasteiger partial charge in [-0.1, -0.05) is 64.4 Å². The van der Waals surface area contributed by atoms with Gasteiger partial charge < -0.3 is 9.36 Å². The van der Waals surface area contributed by atoms with Gasteiger partial charge in [0.15, 0.2) is 0 Å². The summed E-state index contributed by atoms with van der Waals surface area (Å²) in [5.74, 6) is 1.48. The number of aryl methyl sites for hydroxylation is 1. The van der Waals surface area contributed by atoms with E-state index in [2.05, 4.69) is 57.2 Å². The van der Waals surface area contributed by atoms with Gasteiger partial charge in [0.25, 0.3) is 0 Å². The average Bonchev–Trinajstić information content (AvgIpc) is 3.37. The second-order valence-corrected chi connectivity index (χ2v) is 9.03. The molecule has 0 amide bonds. The molecule has 6 nitrogen and oxygen atoms in total. The third-order valence-electron chi connectivity index (χ3n) is 5.14. The fraction of sp³-hybridized carbons (Fsp3) is 0.333. The summed E-state index contributed by atoms with van der Waals surface area (Å²) in [5, 5.41) is 9.09. The minimum atomic E-state index is -0.409. The molecule has 0 unspecified atom stereocenters. The summed E-state index contributed by atoms with van der Waals surface area (Å²) in [7, 11) is 0. The van der Waals surface area contributed by atoms with Crippen LogP contribution in [-0.2, 0) is 31.9 Å². The number of rotatable bonds is 4. The Bertz CT molecular complexity index is 1180. The normalized spacial score (nSPS) is 11.9. The van der Waals surface area contributed by atoms with Gasteiger partial charge >= 0.3 is 21.1 Å². The Balaban J connectivity index is 0.00000272. The Morgan fingerprint density at radius 3 is 1.68 bits per heavy atom. The molecular weight excluding hydrogens is 567 g/mol. The fourth-order valence-corrected chi connectivity index (χ4v) is 3.17. The van der Waals surface area contributed by atoms with Gasteiger partial charge in [-0.15, -0.1) is 12.1 Å². The van der Waals surface area contributed by atoms with Crippen molar-refractivity contribution in [3.8, 4) is 11.6 Å². The minimum absolute atomic E-state index is 0. The molecule has 31 heavy (non-hydrogen) atoms. The van der Waals surface area contributed by atoms with E-state index in [4.69, 9.17) is 9.97 Å². The quantitative estimate of drug-likeness (QED) is 0.330. The van der Waals surface area contributed by atoms with Crippen molar-refractivity contribution < 1.29 is 21.1 Å². The Kier molecular flexibility index (Phi) is 6.33. The zero-order valence-corrected chi connectivity index (χ0v) is 20.9. The van der Waals surface area contributed by atoms with Gasteiger partial charge in [0.1, 0.15) is 0 Å². The molecule has 4 rings (SSSR count). The molecule has 0 saturated heterocycles. The van der Waals surface area contributed by atoms with Crippen molar-refractivity contribution in [2.45, 2.75) is 52.4 Å². The Labute approximate surface area is 198 Å². The first-order valence-corrected chi connectivity index (χ1v) is 10.0. The molecule has 7 heteroatoms. The maximum absolute atomic E-state index is 4.89. The molecule has 0 N–H and O–H groups in total. The summed E-state index contributed by atoms with van der Waals surface area (Å²) in [6, 6.07) is 15.7. The number of pyridine rings is 2. The van der Waals surface area contributed by atoms with Crippen molar-refractivity contribution >= 4 is 0 Å². The van der Waals surface area contributed by atoms with Crippen molar-refractivity contribution in [2.24, 2.45) is 0 Å². The van der Waals surface area contributed by atoms with E-state index < -0.39 is 5.41 Å². The third-order valence-corrected chi connectivity index (χ3v) is 5.14. The van der Waals surface area contributed by atoms with E-state index in [1.165, 1.54) is 0 Å². The van der Waals surface area contributed by atoms with E-state index in [-0.39, 0.29) is 26.5 Å². The molecule has 0 fully saturated rings. The molecule has 0 aliphatic heterocycles. The van der Waals surface area contributed by atoms with Crippen LogP contribution in [0.25, 0.3) is 11.6 Å². The number of aromatic nitrogens is 6. The summed E-state index contributed by atoms with van der Waals surface area (Å²) in [5.41, 5.74) is 3.26. The van der Waals surface area contributed by atoms with Gasteiger partial charge in [-0.05, 0) is 42.8 Å². The monoisotopic (exact) mass is 593 g/mol. The zero-order valence-electron chi connectivity index (χ0n) is 18.6. The van der Waals surface area contributed by atoms with E-state index in [0.717, 1.165) is 34.4 Å². The molecule has 0 aliphatic carbocycles. The first-order valence-electron chi connectivity index (χ1n) is 10.0. The Hall–Kier alpha value is -2.59. The second kappa shape index (κ2) is 8.50. The molecule has 0 atom stereocenters. The summed E-state index contributed by atoms with van der Waals surface area (Å²) in [6.45, 7) is 12.6. The van der Waals surface area contributed by atoms with Gasteiger partial charge in [0.2, 0.25) is 0 Å². The Morgan fingerprint density at radius 2 is 1.23 bits per heavy atom. The smallest absolute Gasteiger partial charge is 0.343 e. The van der Waals surface area contributed by atoms with Gasteiger partial charge in [-0.2, -0.15) is 0 Å². The SMILES string of the molecule is Cc1c[c-]n(-c2cccc(C(C)(C)c3cccc(-n4[c-]cc(C(C)(C)C)n4)n3)n2)n1.[Pt+2]. The van der Waals surface area contributed by atoms with Crippen LogP contribution in [0.4, 0.5) is 0 Å². The van der Waals surface area contributed by atoms with Gasteiger partial charge in [-0.25, -0.2) is 0 Å². The van der Waals surface area contributed by atoms with Crippen molar-refractivity contribution in [2.75, 3.05) is 0 Å². The molecule has 0 saturated carbocycles. The fourth-order valence-electron chi connectivity index (χ4n) is 3.17. The van der Waals surface area contributed by atoms with E-state index in [9.17, 15) is 0 Å². The molecule has 0 aromatic carbocycles. The van der Waals surface area contributed by atoms with Crippen molar-refractivity contribution in [1.29, 1.82) is 0 Å². The van der Waals surface area contributed by atoms with Gasteiger partial charge in [-0.3, -0.25) is 20.2 Å². The van der Waals surface area contributed by atoms with Crippen LogP contribution in [0.15, 0.2) is 48.5 Å². The van der Waals surface area contributed by atoms with Crippen molar-refractivity contribution in [1.82, 2.24) is 29.5 Å². The molecule has 0 aliphatic rings. The van der Waals surface area contributed by atoms with Crippen LogP contribution >= 0.6 is 0 Å².